The van der Waals surface area contributed by atoms with Gasteiger partial charge in [0.05, 0.1) is 11.7 Å². The smallest absolute Gasteiger partial charge is 0.250 e. The van der Waals surface area contributed by atoms with Gasteiger partial charge in [-0.2, -0.15) is 0 Å². The van der Waals surface area contributed by atoms with Gasteiger partial charge in [-0.25, -0.2) is 0 Å². The van der Waals surface area contributed by atoms with Crippen LogP contribution in [0.2, 0.25) is 0 Å². The summed E-state index contributed by atoms with van der Waals surface area (Å²) in [6.45, 7) is 2.05. The molecule has 2 aromatic heterocycles. The Bertz CT molecular complexity index is 1040. The Hall–Kier alpha value is -3.23. The molecule has 0 spiro atoms. The minimum Gasteiger partial charge on any atom is -0.375 e. The fourth-order valence-electron chi connectivity index (χ4n) is 3.68. The van der Waals surface area contributed by atoms with Crippen LogP contribution >= 0.6 is 12.2 Å². The largest absolute Gasteiger partial charge is 0.375 e. The van der Waals surface area contributed by atoms with Crippen molar-refractivity contribution in [1.82, 2.24) is 15.3 Å². The molecule has 1 aliphatic rings. The number of aromatic nitrogens is 2. The number of thiocarbonyl (C=S) groups is 1. The van der Waals surface area contributed by atoms with Crippen molar-refractivity contribution in [2.75, 3.05) is 23.9 Å². The van der Waals surface area contributed by atoms with Crippen LogP contribution < -0.4 is 15.5 Å². The van der Waals surface area contributed by atoms with E-state index in [1.165, 1.54) is 7.11 Å². The molecule has 0 saturated carbocycles. The molecule has 2 atom stereocenters. The number of aryl methyl sites for hydroxylation is 1. The number of ether oxygens (including phenoxy) is 1. The molecule has 3 N–H and O–H groups in total. The van der Waals surface area contributed by atoms with Gasteiger partial charge in [0.1, 0.15) is 12.6 Å². The number of methoxy groups -OCH3 is 1. The molecule has 1 aliphatic heterocycles. The Morgan fingerprint density at radius 2 is 2.00 bits per heavy atom. The molecule has 1 aromatic carbocycles. The summed E-state index contributed by atoms with van der Waals surface area (Å²) in [5, 5.41) is 6.86. The molecule has 1 amide bonds. The highest BCUT2D eigenvalue weighted by molar-refractivity contribution is 7.80. The van der Waals surface area contributed by atoms with Crippen LogP contribution in [0, 0.1) is 6.92 Å². The molecular weight excluding hydrogens is 398 g/mol. The van der Waals surface area contributed by atoms with Gasteiger partial charge in [-0.1, -0.05) is 6.07 Å². The molecule has 30 heavy (non-hydrogen) atoms. The highest BCUT2D eigenvalue weighted by atomic mass is 32.1. The predicted molar refractivity (Wildman–Crippen MR) is 120 cm³/mol. The zero-order valence-corrected chi connectivity index (χ0v) is 17.6. The van der Waals surface area contributed by atoms with E-state index in [1.807, 2.05) is 49.4 Å². The summed E-state index contributed by atoms with van der Waals surface area (Å²) in [5.41, 5.74) is 4.68. The van der Waals surface area contributed by atoms with Gasteiger partial charge in [0.2, 0.25) is 5.91 Å². The number of rotatable bonds is 6. The van der Waals surface area contributed by atoms with Crippen LogP contribution in [-0.2, 0) is 9.53 Å². The number of benzene rings is 1. The quantitative estimate of drug-likeness (QED) is 0.529. The maximum absolute atomic E-state index is 11.8. The molecule has 3 aromatic rings. The lowest BCUT2D eigenvalue weighted by Gasteiger charge is -2.27. The van der Waals surface area contributed by atoms with Gasteiger partial charge in [0, 0.05) is 36.1 Å². The van der Waals surface area contributed by atoms with E-state index in [0.29, 0.717) is 10.8 Å². The second kappa shape index (κ2) is 8.64. The number of carbonyl (C=O) groups excluding carboxylic acids is 1. The van der Waals surface area contributed by atoms with E-state index in [-0.39, 0.29) is 24.6 Å². The highest BCUT2D eigenvalue weighted by Gasteiger charge is 2.41. The number of anilines is 2. The molecule has 1 fully saturated rings. The van der Waals surface area contributed by atoms with E-state index >= 15 is 0 Å². The number of hydrogen-bond acceptors (Lipinski definition) is 4. The average molecular weight is 422 g/mol. The summed E-state index contributed by atoms with van der Waals surface area (Å²) in [5.74, 6) is -0.196. The minimum absolute atomic E-state index is 0.0158. The standard InChI is InChI=1S/C22H23N5O2S/c1-14-6-11-18(24-14)21-20(17-5-3-4-12-23-17)26-22(30)27(21)16-9-7-15(8-10-16)25-19(28)13-29-2/h3-12,20-21,24H,13H2,1-2H3,(H,25,28)(H,26,30)/t20-,21-/m0/s1. The highest BCUT2D eigenvalue weighted by Crippen LogP contribution is 2.41. The van der Waals surface area contributed by atoms with Crippen LogP contribution in [0.4, 0.5) is 11.4 Å². The van der Waals surface area contributed by atoms with Crippen molar-refractivity contribution in [3.05, 3.63) is 77.9 Å². The molecule has 4 rings (SSSR count). The molecule has 0 radical (unpaired) electrons. The van der Waals surface area contributed by atoms with Gasteiger partial charge in [-0.3, -0.25) is 9.78 Å². The summed E-state index contributed by atoms with van der Waals surface area (Å²) in [7, 11) is 1.49. The second-order valence-corrected chi connectivity index (χ2v) is 7.51. The third kappa shape index (κ3) is 4.05. The van der Waals surface area contributed by atoms with Crippen molar-refractivity contribution >= 4 is 34.6 Å². The predicted octanol–water partition coefficient (Wildman–Crippen LogP) is 3.48. The Kier molecular flexibility index (Phi) is 5.78. The molecule has 0 unspecified atom stereocenters. The van der Waals surface area contributed by atoms with Gasteiger partial charge in [-0.15, -0.1) is 0 Å². The first-order valence-electron chi connectivity index (χ1n) is 9.62. The molecule has 7 nitrogen and oxygen atoms in total. The van der Waals surface area contributed by atoms with Gasteiger partial charge in [-0.05, 0) is 67.7 Å². The van der Waals surface area contributed by atoms with Crippen LogP contribution in [0.15, 0.2) is 60.8 Å². The lowest BCUT2D eigenvalue weighted by molar-refractivity contribution is -0.119. The molecule has 3 heterocycles. The maximum atomic E-state index is 11.8. The maximum Gasteiger partial charge on any atom is 0.250 e. The first-order chi connectivity index (χ1) is 14.6. The fraction of sp³-hybridized carbons (Fsp3) is 0.227. The Morgan fingerprint density at radius 3 is 2.63 bits per heavy atom. The summed E-state index contributed by atoms with van der Waals surface area (Å²) >= 11 is 5.71. The zero-order valence-electron chi connectivity index (χ0n) is 16.8. The third-order valence-corrected chi connectivity index (χ3v) is 5.29. The van der Waals surface area contributed by atoms with Crippen LogP contribution in [0.1, 0.15) is 29.2 Å². The van der Waals surface area contributed by atoms with E-state index < -0.39 is 0 Å². The van der Waals surface area contributed by atoms with Crippen molar-refractivity contribution in [1.29, 1.82) is 0 Å². The van der Waals surface area contributed by atoms with E-state index in [1.54, 1.807) is 6.20 Å². The summed E-state index contributed by atoms with van der Waals surface area (Å²) < 4.78 is 4.86. The summed E-state index contributed by atoms with van der Waals surface area (Å²) in [4.78, 5) is 21.8. The lowest BCUT2D eigenvalue weighted by atomic mass is 10.0. The number of hydrogen-bond donors (Lipinski definition) is 3. The topological polar surface area (TPSA) is 82.3 Å². The van der Waals surface area contributed by atoms with Crippen molar-refractivity contribution in [3.8, 4) is 0 Å². The average Bonchev–Trinajstić information content (AvgIpc) is 3.32. The van der Waals surface area contributed by atoms with Crippen LogP contribution in [0.25, 0.3) is 0 Å². The van der Waals surface area contributed by atoms with E-state index in [9.17, 15) is 4.79 Å². The molecule has 154 valence electrons. The first kappa shape index (κ1) is 20.1. The molecule has 0 aliphatic carbocycles. The van der Waals surface area contributed by atoms with E-state index in [2.05, 4.69) is 37.6 Å². The Morgan fingerprint density at radius 1 is 1.20 bits per heavy atom. The van der Waals surface area contributed by atoms with Crippen molar-refractivity contribution < 1.29 is 9.53 Å². The van der Waals surface area contributed by atoms with Gasteiger partial charge in [0.15, 0.2) is 5.11 Å². The lowest BCUT2D eigenvalue weighted by Crippen LogP contribution is -2.29. The summed E-state index contributed by atoms with van der Waals surface area (Å²) in [6, 6.07) is 17.4. The molecular formula is C22H23N5O2S. The zero-order chi connectivity index (χ0) is 21.1. The van der Waals surface area contributed by atoms with Gasteiger partial charge in [0.25, 0.3) is 0 Å². The third-order valence-electron chi connectivity index (χ3n) is 4.98. The van der Waals surface area contributed by atoms with Crippen LogP contribution in [0.5, 0.6) is 0 Å². The number of carbonyl (C=O) groups is 1. The Labute approximate surface area is 180 Å². The van der Waals surface area contributed by atoms with E-state index in [4.69, 9.17) is 17.0 Å². The number of aromatic amines is 1. The van der Waals surface area contributed by atoms with Gasteiger partial charge < -0.3 is 25.3 Å². The van der Waals surface area contributed by atoms with Crippen molar-refractivity contribution in [2.45, 2.75) is 19.0 Å². The minimum atomic E-state index is -0.196. The number of nitrogens with one attached hydrogen (secondary N) is 3. The van der Waals surface area contributed by atoms with Crippen molar-refractivity contribution in [2.24, 2.45) is 0 Å². The van der Waals surface area contributed by atoms with Crippen LogP contribution in [0.3, 0.4) is 0 Å². The molecule has 8 heteroatoms. The SMILES string of the molecule is COCC(=O)Nc1ccc(N2C(=S)N[C@@H](c3ccccn3)[C@@H]2c2ccc(C)[nH]2)cc1. The fourth-order valence-corrected chi connectivity index (χ4v) is 4.03. The molecule has 0 bridgehead atoms. The normalized spacial score (nSPS) is 18.3. The first-order valence-corrected chi connectivity index (χ1v) is 10.0. The number of H-pyrrole nitrogens is 1. The molecule has 1 saturated heterocycles. The number of pyridine rings is 1. The second-order valence-electron chi connectivity index (χ2n) is 7.12. The van der Waals surface area contributed by atoms with Crippen LogP contribution in [-0.4, -0.2) is 34.7 Å². The van der Waals surface area contributed by atoms with Crippen molar-refractivity contribution in [3.63, 3.8) is 0 Å². The van der Waals surface area contributed by atoms with Gasteiger partial charge >= 0.3 is 0 Å². The summed E-state index contributed by atoms with van der Waals surface area (Å²) in [6.07, 6.45) is 1.79. The number of nitrogens with zero attached hydrogens (tertiary/aromatic N) is 2. The monoisotopic (exact) mass is 421 g/mol. The Balaban J connectivity index is 1.67. The number of amides is 1. The van der Waals surface area contributed by atoms with E-state index in [0.717, 1.165) is 22.8 Å².